The van der Waals surface area contributed by atoms with Crippen LogP contribution in [0.1, 0.15) is 19.0 Å². The summed E-state index contributed by atoms with van der Waals surface area (Å²) in [4.78, 5) is 30.8. The summed E-state index contributed by atoms with van der Waals surface area (Å²) in [6.45, 7) is 3.84. The van der Waals surface area contributed by atoms with Gasteiger partial charge in [0.2, 0.25) is 11.8 Å². The highest BCUT2D eigenvalue weighted by Crippen LogP contribution is 2.32. The maximum atomic E-state index is 12.8. The third-order valence-corrected chi connectivity index (χ3v) is 5.67. The first-order chi connectivity index (χ1) is 11.0. The molecule has 1 aromatic carbocycles. The first kappa shape index (κ1) is 16.0. The molecule has 1 N–H and O–H groups in total. The van der Waals surface area contributed by atoms with E-state index in [2.05, 4.69) is 10.3 Å². The van der Waals surface area contributed by atoms with Crippen molar-refractivity contribution < 1.29 is 9.59 Å². The van der Waals surface area contributed by atoms with E-state index >= 15 is 0 Å². The first-order valence-corrected chi connectivity index (χ1v) is 9.17. The minimum Gasteiger partial charge on any atom is -0.324 e. The van der Waals surface area contributed by atoms with Gasteiger partial charge in [-0.25, -0.2) is 4.98 Å². The zero-order chi connectivity index (χ0) is 16.4. The van der Waals surface area contributed by atoms with Gasteiger partial charge in [0, 0.05) is 23.5 Å². The van der Waals surface area contributed by atoms with Crippen molar-refractivity contribution >= 4 is 46.3 Å². The highest BCUT2D eigenvalue weighted by Gasteiger charge is 2.29. The molecule has 3 rings (SSSR count). The van der Waals surface area contributed by atoms with Gasteiger partial charge in [-0.15, -0.1) is 11.3 Å². The number of hydrogen-bond acceptors (Lipinski definition) is 5. The lowest BCUT2D eigenvalue weighted by molar-refractivity contribution is -0.117. The number of para-hydroxylation sites is 2. The molecule has 120 valence electrons. The van der Waals surface area contributed by atoms with E-state index < -0.39 is 0 Å². The number of thioether (sulfide) groups is 1. The summed E-state index contributed by atoms with van der Waals surface area (Å²) in [5, 5.41) is 4.84. The number of carbonyl (C=O) groups excluding carboxylic acids is 2. The fraction of sp³-hybridized carbons (Fsp3) is 0.312. The number of aromatic nitrogens is 1. The lowest BCUT2D eigenvalue weighted by Gasteiger charge is -2.27. The topological polar surface area (TPSA) is 62.3 Å². The molecule has 2 amide bonds. The van der Waals surface area contributed by atoms with Gasteiger partial charge in [-0.3, -0.25) is 9.59 Å². The van der Waals surface area contributed by atoms with Crippen LogP contribution >= 0.6 is 23.1 Å². The van der Waals surface area contributed by atoms with E-state index in [1.165, 1.54) is 11.8 Å². The van der Waals surface area contributed by atoms with Gasteiger partial charge in [0.25, 0.3) is 0 Å². The second-order valence-electron chi connectivity index (χ2n) is 5.43. The number of aryl methyl sites for hydroxylation is 1. The number of rotatable bonds is 3. The Balaban J connectivity index is 1.81. The van der Waals surface area contributed by atoms with Crippen LogP contribution in [-0.2, 0) is 9.59 Å². The van der Waals surface area contributed by atoms with E-state index in [-0.39, 0.29) is 17.9 Å². The summed E-state index contributed by atoms with van der Waals surface area (Å²) in [7, 11) is 0. The molecule has 0 radical (unpaired) electrons. The van der Waals surface area contributed by atoms with Gasteiger partial charge in [0.05, 0.1) is 17.1 Å². The molecular weight excluding hydrogens is 330 g/mol. The van der Waals surface area contributed by atoms with Gasteiger partial charge < -0.3 is 10.2 Å². The Morgan fingerprint density at radius 3 is 3.00 bits per heavy atom. The molecule has 1 atom stereocenters. The molecule has 2 heterocycles. The van der Waals surface area contributed by atoms with Crippen LogP contribution in [0.4, 0.5) is 11.4 Å². The normalized spacial score (nSPS) is 17.4. The van der Waals surface area contributed by atoms with Crippen molar-refractivity contribution in [3.63, 3.8) is 0 Å². The minimum absolute atomic E-state index is 0.0145. The van der Waals surface area contributed by atoms with Crippen molar-refractivity contribution in [1.29, 1.82) is 0 Å². The number of anilines is 2. The molecule has 0 saturated heterocycles. The number of amides is 2. The lowest BCUT2D eigenvalue weighted by atomic mass is 10.2. The fourth-order valence-corrected chi connectivity index (χ4v) is 4.27. The van der Waals surface area contributed by atoms with Crippen LogP contribution in [0.5, 0.6) is 0 Å². The third-order valence-electron chi connectivity index (χ3n) is 3.55. The van der Waals surface area contributed by atoms with Crippen molar-refractivity contribution in [2.75, 3.05) is 16.0 Å². The van der Waals surface area contributed by atoms with E-state index in [0.717, 1.165) is 15.7 Å². The summed E-state index contributed by atoms with van der Waals surface area (Å²) in [5.41, 5.74) is 2.41. The number of thiazole rings is 1. The van der Waals surface area contributed by atoms with Gasteiger partial charge in [-0.2, -0.15) is 0 Å². The molecule has 1 aliphatic rings. The van der Waals surface area contributed by atoms with Crippen LogP contribution in [0.25, 0.3) is 0 Å². The fourth-order valence-electron chi connectivity index (χ4n) is 2.56. The van der Waals surface area contributed by atoms with E-state index in [0.29, 0.717) is 17.9 Å². The Morgan fingerprint density at radius 2 is 2.26 bits per heavy atom. The van der Waals surface area contributed by atoms with Gasteiger partial charge in [0.15, 0.2) is 4.34 Å². The Labute approximate surface area is 143 Å². The molecule has 0 spiro atoms. The zero-order valence-corrected chi connectivity index (χ0v) is 14.5. The molecular formula is C16H17N3O2S2. The second-order valence-corrected chi connectivity index (χ2v) is 7.51. The molecule has 0 aliphatic carbocycles. The van der Waals surface area contributed by atoms with Crippen LogP contribution in [-0.4, -0.2) is 28.6 Å². The molecule has 2 aromatic rings. The largest absolute Gasteiger partial charge is 0.324 e. The van der Waals surface area contributed by atoms with E-state index in [9.17, 15) is 9.59 Å². The number of nitrogens with zero attached hydrogens (tertiary/aromatic N) is 2. The highest BCUT2D eigenvalue weighted by molar-refractivity contribution is 8.01. The third kappa shape index (κ3) is 3.56. The van der Waals surface area contributed by atoms with Gasteiger partial charge in [-0.1, -0.05) is 23.9 Å². The Kier molecular flexibility index (Phi) is 4.68. The van der Waals surface area contributed by atoms with Crippen molar-refractivity contribution in [1.82, 2.24) is 4.98 Å². The molecule has 1 unspecified atom stereocenters. The Bertz CT molecular complexity index is 744. The van der Waals surface area contributed by atoms with Crippen molar-refractivity contribution in [2.24, 2.45) is 0 Å². The number of hydrogen-bond donors (Lipinski definition) is 1. The Hall–Kier alpha value is -1.86. The van der Waals surface area contributed by atoms with E-state index in [4.69, 9.17) is 0 Å². The van der Waals surface area contributed by atoms with Gasteiger partial charge in [-0.05, 0) is 26.0 Å². The lowest BCUT2D eigenvalue weighted by Crippen LogP contribution is -2.40. The number of carbonyl (C=O) groups is 2. The van der Waals surface area contributed by atoms with Crippen molar-refractivity contribution in [2.45, 2.75) is 30.6 Å². The summed E-state index contributed by atoms with van der Waals surface area (Å²) >= 11 is 2.98. The monoisotopic (exact) mass is 347 g/mol. The smallest absolute Gasteiger partial charge is 0.237 e. The molecule has 23 heavy (non-hydrogen) atoms. The number of fused-ring (bicyclic) bond motifs is 1. The van der Waals surface area contributed by atoms with Crippen LogP contribution in [0.3, 0.4) is 0 Å². The average Bonchev–Trinajstić information content (AvgIpc) is 2.86. The number of benzene rings is 1. The van der Waals surface area contributed by atoms with Crippen LogP contribution in [0.15, 0.2) is 34.0 Å². The maximum Gasteiger partial charge on any atom is 0.237 e. The summed E-state index contributed by atoms with van der Waals surface area (Å²) in [6.07, 6.45) is 0.293. The molecule has 7 heteroatoms. The standard InChI is InChI=1S/C16H17N3O2S2/c1-10-8-22-16(17-10)23-9-15(21)19-11(2)7-14(20)18-12-5-3-4-6-13(12)19/h3-6,8,11H,7,9H2,1-2H3,(H,18,20). The van der Waals surface area contributed by atoms with Crippen LogP contribution < -0.4 is 10.2 Å². The molecule has 0 bridgehead atoms. The number of nitrogens with one attached hydrogen (secondary N) is 1. The highest BCUT2D eigenvalue weighted by atomic mass is 32.2. The Morgan fingerprint density at radius 1 is 1.48 bits per heavy atom. The second kappa shape index (κ2) is 6.72. The van der Waals surface area contributed by atoms with Crippen molar-refractivity contribution in [3.8, 4) is 0 Å². The maximum absolute atomic E-state index is 12.8. The van der Waals surface area contributed by atoms with Gasteiger partial charge >= 0.3 is 0 Å². The van der Waals surface area contributed by atoms with Crippen molar-refractivity contribution in [3.05, 3.63) is 35.3 Å². The minimum atomic E-state index is -0.176. The van der Waals surface area contributed by atoms with E-state index in [1.54, 1.807) is 16.2 Å². The molecule has 1 aromatic heterocycles. The van der Waals surface area contributed by atoms with Crippen LogP contribution in [0, 0.1) is 6.92 Å². The zero-order valence-electron chi connectivity index (χ0n) is 12.9. The average molecular weight is 347 g/mol. The molecule has 5 nitrogen and oxygen atoms in total. The first-order valence-electron chi connectivity index (χ1n) is 7.30. The van der Waals surface area contributed by atoms with Gasteiger partial charge in [0.1, 0.15) is 0 Å². The molecule has 0 fully saturated rings. The molecule has 0 saturated carbocycles. The summed E-state index contributed by atoms with van der Waals surface area (Å²) in [5.74, 6) is 0.225. The summed E-state index contributed by atoms with van der Waals surface area (Å²) in [6, 6.07) is 7.24. The predicted octanol–water partition coefficient (Wildman–Crippen LogP) is 3.31. The molecule has 1 aliphatic heterocycles. The van der Waals surface area contributed by atoms with Crippen LogP contribution in [0.2, 0.25) is 0 Å². The van der Waals surface area contributed by atoms with E-state index in [1.807, 2.05) is 43.5 Å². The predicted molar refractivity (Wildman–Crippen MR) is 94.2 cm³/mol. The SMILES string of the molecule is Cc1csc(SCC(=O)N2c3ccccc3NC(=O)CC2C)n1. The summed E-state index contributed by atoms with van der Waals surface area (Å²) < 4.78 is 0.890. The quantitative estimate of drug-likeness (QED) is 0.865.